The minimum absolute atomic E-state index is 0.714. The molecule has 3 aromatic rings. The molecule has 0 unspecified atom stereocenters. The van der Waals surface area contributed by atoms with Gasteiger partial charge in [0.05, 0.1) is 5.69 Å². The van der Waals surface area contributed by atoms with Crippen LogP contribution in [0.25, 0.3) is 5.78 Å². The van der Waals surface area contributed by atoms with E-state index in [2.05, 4.69) is 29.9 Å². The molecule has 0 spiro atoms. The van der Waals surface area contributed by atoms with Gasteiger partial charge in [-0.05, 0) is 45.6 Å². The van der Waals surface area contributed by atoms with Crippen LogP contribution in [0.2, 0.25) is 0 Å². The standard InChI is InChI=1S/C19H24N8/c1-13-11-14(2)23-19(22-13)26-9-7-25(8-10-26)17-15-5-3-4-6-16(15)24-18-20-12-21-27(17)18/h11-12H,3-10H2,1-2H3. The van der Waals surface area contributed by atoms with Crippen LogP contribution in [-0.4, -0.2) is 55.7 Å². The first kappa shape index (κ1) is 16.4. The van der Waals surface area contributed by atoms with Crippen molar-refractivity contribution < 1.29 is 0 Å². The molecule has 5 rings (SSSR count). The number of nitrogens with zero attached hydrogens (tertiary/aromatic N) is 8. The van der Waals surface area contributed by atoms with Crippen molar-refractivity contribution in [3.05, 3.63) is 35.0 Å². The van der Waals surface area contributed by atoms with Gasteiger partial charge in [-0.25, -0.2) is 15.0 Å². The highest BCUT2D eigenvalue weighted by molar-refractivity contribution is 5.56. The quantitative estimate of drug-likeness (QED) is 0.685. The first-order valence-electron chi connectivity index (χ1n) is 9.73. The third-order valence-corrected chi connectivity index (χ3v) is 5.51. The third kappa shape index (κ3) is 2.89. The lowest BCUT2D eigenvalue weighted by molar-refractivity contribution is 0.607. The fraction of sp³-hybridized carbons (Fsp3) is 0.526. The zero-order chi connectivity index (χ0) is 18.4. The molecular weight excluding hydrogens is 340 g/mol. The van der Waals surface area contributed by atoms with Crippen molar-refractivity contribution in [3.8, 4) is 0 Å². The van der Waals surface area contributed by atoms with Gasteiger partial charge in [0, 0.05) is 43.1 Å². The number of aromatic nitrogens is 6. The predicted molar refractivity (Wildman–Crippen MR) is 103 cm³/mol. The Hall–Kier alpha value is -2.77. The maximum Gasteiger partial charge on any atom is 0.254 e. The van der Waals surface area contributed by atoms with Gasteiger partial charge in [-0.2, -0.15) is 14.6 Å². The summed E-state index contributed by atoms with van der Waals surface area (Å²) >= 11 is 0. The average Bonchev–Trinajstić information content (AvgIpc) is 3.13. The fourth-order valence-electron chi connectivity index (χ4n) is 4.26. The Morgan fingerprint density at radius 1 is 0.852 bits per heavy atom. The monoisotopic (exact) mass is 364 g/mol. The first-order chi connectivity index (χ1) is 13.2. The summed E-state index contributed by atoms with van der Waals surface area (Å²) in [7, 11) is 0. The lowest BCUT2D eigenvalue weighted by atomic mass is 9.96. The SMILES string of the molecule is Cc1cc(C)nc(N2CCN(c3c4c(nc5ncnn35)CCCC4)CC2)n1. The zero-order valence-corrected chi connectivity index (χ0v) is 15.9. The van der Waals surface area contributed by atoms with Crippen molar-refractivity contribution in [3.63, 3.8) is 0 Å². The van der Waals surface area contributed by atoms with Gasteiger partial charge in [0.1, 0.15) is 12.1 Å². The molecular formula is C19H24N8. The average molecular weight is 364 g/mol. The molecule has 0 amide bonds. The van der Waals surface area contributed by atoms with Crippen molar-refractivity contribution >= 4 is 17.5 Å². The number of anilines is 2. The number of fused-ring (bicyclic) bond motifs is 2. The lowest BCUT2D eigenvalue weighted by Crippen LogP contribution is -2.48. The van der Waals surface area contributed by atoms with Gasteiger partial charge >= 0.3 is 0 Å². The molecule has 1 aliphatic heterocycles. The van der Waals surface area contributed by atoms with Crippen molar-refractivity contribution in [2.45, 2.75) is 39.5 Å². The van der Waals surface area contributed by atoms with E-state index in [4.69, 9.17) is 4.98 Å². The fourth-order valence-corrected chi connectivity index (χ4v) is 4.26. The summed E-state index contributed by atoms with van der Waals surface area (Å²) in [6, 6.07) is 2.02. The summed E-state index contributed by atoms with van der Waals surface area (Å²) in [6.07, 6.45) is 6.16. The van der Waals surface area contributed by atoms with Crippen LogP contribution in [-0.2, 0) is 12.8 Å². The van der Waals surface area contributed by atoms with Crippen molar-refractivity contribution in [2.75, 3.05) is 36.0 Å². The zero-order valence-electron chi connectivity index (χ0n) is 15.9. The summed E-state index contributed by atoms with van der Waals surface area (Å²) < 4.78 is 1.92. The minimum atomic E-state index is 0.714. The van der Waals surface area contributed by atoms with Crippen molar-refractivity contribution in [1.82, 2.24) is 29.5 Å². The second-order valence-corrected chi connectivity index (χ2v) is 7.46. The summed E-state index contributed by atoms with van der Waals surface area (Å²) in [5.74, 6) is 2.74. The lowest BCUT2D eigenvalue weighted by Gasteiger charge is -2.37. The van der Waals surface area contributed by atoms with Gasteiger partial charge < -0.3 is 9.80 Å². The Morgan fingerprint density at radius 2 is 1.56 bits per heavy atom. The third-order valence-electron chi connectivity index (χ3n) is 5.51. The molecule has 0 bridgehead atoms. The van der Waals surface area contributed by atoms with Crippen LogP contribution in [0, 0.1) is 13.8 Å². The summed E-state index contributed by atoms with van der Waals surface area (Å²) in [5.41, 5.74) is 4.60. The van der Waals surface area contributed by atoms with Gasteiger partial charge in [-0.3, -0.25) is 0 Å². The van der Waals surface area contributed by atoms with Crippen LogP contribution < -0.4 is 9.80 Å². The first-order valence-corrected chi connectivity index (χ1v) is 9.73. The Bertz CT molecular complexity index is 967. The molecule has 8 heteroatoms. The number of piperazine rings is 1. The van der Waals surface area contributed by atoms with E-state index in [1.807, 2.05) is 24.4 Å². The van der Waals surface area contributed by atoms with Crippen molar-refractivity contribution in [1.29, 1.82) is 0 Å². The number of hydrogen-bond acceptors (Lipinski definition) is 7. The molecule has 140 valence electrons. The number of hydrogen-bond donors (Lipinski definition) is 0. The molecule has 1 aliphatic carbocycles. The van der Waals surface area contributed by atoms with Gasteiger partial charge in [0.2, 0.25) is 5.95 Å². The van der Waals surface area contributed by atoms with E-state index in [-0.39, 0.29) is 0 Å². The molecule has 0 atom stereocenters. The number of aryl methyl sites for hydroxylation is 3. The van der Waals surface area contributed by atoms with E-state index >= 15 is 0 Å². The van der Waals surface area contributed by atoms with E-state index in [1.165, 1.54) is 29.9 Å². The Labute approximate surface area is 158 Å². The molecule has 8 nitrogen and oxygen atoms in total. The molecule has 0 saturated carbocycles. The largest absolute Gasteiger partial charge is 0.353 e. The van der Waals surface area contributed by atoms with Crippen LogP contribution in [0.1, 0.15) is 35.5 Å². The van der Waals surface area contributed by atoms with E-state index in [9.17, 15) is 0 Å². The van der Waals surface area contributed by atoms with Gasteiger partial charge in [-0.1, -0.05) is 0 Å². The Morgan fingerprint density at radius 3 is 2.33 bits per heavy atom. The van der Waals surface area contributed by atoms with Gasteiger partial charge in [0.25, 0.3) is 5.78 Å². The maximum atomic E-state index is 4.75. The van der Waals surface area contributed by atoms with Gasteiger partial charge in [0.15, 0.2) is 0 Å². The van der Waals surface area contributed by atoms with Crippen LogP contribution in [0.5, 0.6) is 0 Å². The molecule has 0 radical (unpaired) electrons. The highest BCUT2D eigenvalue weighted by atomic mass is 15.4. The minimum Gasteiger partial charge on any atom is -0.353 e. The predicted octanol–water partition coefficient (Wildman–Crippen LogP) is 1.74. The smallest absolute Gasteiger partial charge is 0.254 e. The molecule has 0 N–H and O–H groups in total. The molecule has 3 aromatic heterocycles. The molecule has 27 heavy (non-hydrogen) atoms. The summed E-state index contributed by atoms with van der Waals surface area (Å²) in [5, 5.41) is 4.47. The van der Waals surface area contributed by atoms with Crippen LogP contribution in [0.15, 0.2) is 12.4 Å². The summed E-state index contributed by atoms with van der Waals surface area (Å²) in [4.78, 5) is 23.1. The molecule has 1 saturated heterocycles. The van der Waals surface area contributed by atoms with Crippen molar-refractivity contribution in [2.24, 2.45) is 0 Å². The number of rotatable bonds is 2. The summed E-state index contributed by atoms with van der Waals surface area (Å²) in [6.45, 7) is 7.69. The van der Waals surface area contributed by atoms with Gasteiger partial charge in [-0.15, -0.1) is 0 Å². The highest BCUT2D eigenvalue weighted by Gasteiger charge is 2.27. The van der Waals surface area contributed by atoms with E-state index in [0.717, 1.165) is 56.4 Å². The molecule has 0 aromatic carbocycles. The van der Waals surface area contributed by atoms with Crippen LogP contribution >= 0.6 is 0 Å². The second-order valence-electron chi connectivity index (χ2n) is 7.46. The van der Waals surface area contributed by atoms with E-state index in [0.29, 0.717) is 5.78 Å². The molecule has 4 heterocycles. The van der Waals surface area contributed by atoms with E-state index in [1.54, 1.807) is 6.33 Å². The molecule has 1 fully saturated rings. The topological polar surface area (TPSA) is 75.3 Å². The molecule has 2 aliphatic rings. The maximum absolute atomic E-state index is 4.75. The second kappa shape index (κ2) is 6.44. The van der Waals surface area contributed by atoms with Crippen LogP contribution in [0.4, 0.5) is 11.8 Å². The Balaban J connectivity index is 1.45. The highest BCUT2D eigenvalue weighted by Crippen LogP contribution is 2.30. The van der Waals surface area contributed by atoms with E-state index < -0.39 is 0 Å². The van der Waals surface area contributed by atoms with Crippen LogP contribution in [0.3, 0.4) is 0 Å². The Kier molecular flexibility index (Phi) is 3.91. The normalized spacial score (nSPS) is 17.4.